The van der Waals surface area contributed by atoms with Gasteiger partial charge in [-0.15, -0.1) is 0 Å². The molecule has 0 radical (unpaired) electrons. The zero-order valence-electron chi connectivity index (χ0n) is 18.7. The van der Waals surface area contributed by atoms with Crippen molar-refractivity contribution in [2.45, 2.75) is 19.6 Å². The van der Waals surface area contributed by atoms with Crippen LogP contribution in [-0.2, 0) is 24.4 Å². The van der Waals surface area contributed by atoms with Crippen molar-refractivity contribution in [3.05, 3.63) is 80.6 Å². The fourth-order valence-electron chi connectivity index (χ4n) is 3.93. The SMILES string of the molecule is O=C(NCc1ccc(Cl)cc1)c1cn(CC#CCO)c2ccc(CN3CCOCC3)cc2c1=O. The summed E-state index contributed by atoms with van der Waals surface area (Å²) in [6, 6.07) is 12.9. The van der Waals surface area contributed by atoms with Gasteiger partial charge in [-0.25, -0.2) is 0 Å². The van der Waals surface area contributed by atoms with Gasteiger partial charge in [-0.3, -0.25) is 14.5 Å². The first-order valence-electron chi connectivity index (χ1n) is 11.1. The molecule has 1 amide bonds. The Labute approximate surface area is 202 Å². The average molecular weight is 480 g/mol. The standard InChI is InChI=1S/C26H26ClN3O4/c27-21-6-3-19(4-7-21)16-28-26(33)23-18-30(9-1-2-12-31)24-8-5-20(15-22(24)25(23)32)17-29-10-13-34-14-11-29/h3-8,15,18,31H,9-14,16-17H2,(H,28,33). The minimum Gasteiger partial charge on any atom is -0.384 e. The lowest BCUT2D eigenvalue weighted by Gasteiger charge is -2.26. The summed E-state index contributed by atoms with van der Waals surface area (Å²) in [7, 11) is 0. The predicted octanol–water partition coefficient (Wildman–Crippen LogP) is 2.41. The summed E-state index contributed by atoms with van der Waals surface area (Å²) in [6.45, 7) is 4.04. The number of aromatic nitrogens is 1. The van der Waals surface area contributed by atoms with Gasteiger partial charge in [0.15, 0.2) is 0 Å². The van der Waals surface area contributed by atoms with E-state index in [1.54, 1.807) is 16.7 Å². The summed E-state index contributed by atoms with van der Waals surface area (Å²) in [5.41, 5.74) is 2.30. The molecule has 1 saturated heterocycles. The van der Waals surface area contributed by atoms with Crippen LogP contribution in [0.1, 0.15) is 21.5 Å². The molecule has 2 heterocycles. The lowest BCUT2D eigenvalue weighted by Crippen LogP contribution is -2.35. The number of pyridine rings is 1. The van der Waals surface area contributed by atoms with Crippen LogP contribution >= 0.6 is 11.6 Å². The summed E-state index contributed by atoms with van der Waals surface area (Å²) in [5, 5.41) is 12.9. The minimum atomic E-state index is -0.454. The number of hydrogen-bond donors (Lipinski definition) is 2. The number of morpholine rings is 1. The van der Waals surface area contributed by atoms with E-state index in [1.165, 1.54) is 6.20 Å². The van der Waals surface area contributed by atoms with Gasteiger partial charge >= 0.3 is 0 Å². The van der Waals surface area contributed by atoms with Crippen molar-refractivity contribution >= 4 is 28.4 Å². The van der Waals surface area contributed by atoms with Crippen molar-refractivity contribution in [3.8, 4) is 11.8 Å². The maximum Gasteiger partial charge on any atom is 0.257 e. The molecule has 0 spiro atoms. The molecule has 2 aromatic carbocycles. The molecular weight excluding hydrogens is 454 g/mol. The number of amides is 1. The van der Waals surface area contributed by atoms with Crippen LogP contribution in [0.4, 0.5) is 0 Å². The maximum atomic E-state index is 13.4. The third-order valence-corrected chi connectivity index (χ3v) is 5.97. The van der Waals surface area contributed by atoms with Crippen LogP contribution < -0.4 is 10.7 Å². The maximum absolute atomic E-state index is 13.4. The number of nitrogens with zero attached hydrogens (tertiary/aromatic N) is 2. The summed E-state index contributed by atoms with van der Waals surface area (Å²) in [6.07, 6.45) is 1.54. The van der Waals surface area contributed by atoms with E-state index in [9.17, 15) is 9.59 Å². The molecule has 3 aromatic rings. The highest BCUT2D eigenvalue weighted by molar-refractivity contribution is 6.30. The number of rotatable bonds is 6. The van der Waals surface area contributed by atoms with Gasteiger partial charge < -0.3 is 19.7 Å². The zero-order valence-corrected chi connectivity index (χ0v) is 19.5. The van der Waals surface area contributed by atoms with E-state index in [4.69, 9.17) is 21.4 Å². The van der Waals surface area contributed by atoms with Crippen LogP contribution in [0.2, 0.25) is 5.02 Å². The van der Waals surface area contributed by atoms with Gasteiger partial charge in [0.1, 0.15) is 12.2 Å². The number of halogens is 1. The predicted molar refractivity (Wildman–Crippen MR) is 132 cm³/mol. The summed E-state index contributed by atoms with van der Waals surface area (Å²) < 4.78 is 7.19. The summed E-state index contributed by atoms with van der Waals surface area (Å²) in [5.74, 6) is 5.03. The molecule has 0 saturated carbocycles. The monoisotopic (exact) mass is 479 g/mol. The minimum absolute atomic E-state index is 0.0517. The third kappa shape index (κ3) is 5.85. The average Bonchev–Trinajstić information content (AvgIpc) is 2.86. The number of nitrogens with one attached hydrogen (secondary N) is 1. The highest BCUT2D eigenvalue weighted by atomic mass is 35.5. The Morgan fingerprint density at radius 3 is 2.56 bits per heavy atom. The first-order valence-corrected chi connectivity index (χ1v) is 11.5. The normalized spacial score (nSPS) is 13.9. The highest BCUT2D eigenvalue weighted by Gasteiger charge is 2.17. The van der Waals surface area contributed by atoms with Gasteiger partial charge in [0, 0.05) is 42.8 Å². The molecule has 7 nitrogen and oxygen atoms in total. The van der Waals surface area contributed by atoms with Gasteiger partial charge in [-0.2, -0.15) is 0 Å². The molecule has 2 N–H and O–H groups in total. The summed E-state index contributed by atoms with van der Waals surface area (Å²) >= 11 is 5.92. The van der Waals surface area contributed by atoms with E-state index in [2.05, 4.69) is 22.1 Å². The Hall–Kier alpha value is -3.15. The van der Waals surface area contributed by atoms with Gasteiger partial charge in [-0.1, -0.05) is 41.6 Å². The Kier molecular flexibility index (Phi) is 7.99. The first-order chi connectivity index (χ1) is 16.5. The fourth-order valence-corrected chi connectivity index (χ4v) is 4.06. The molecule has 1 aliphatic heterocycles. The van der Waals surface area contributed by atoms with Gasteiger partial charge in [0.25, 0.3) is 5.91 Å². The van der Waals surface area contributed by atoms with Crippen molar-refractivity contribution in [3.63, 3.8) is 0 Å². The summed E-state index contributed by atoms with van der Waals surface area (Å²) in [4.78, 5) is 28.6. The Balaban J connectivity index is 1.66. The van der Waals surface area contributed by atoms with Crippen molar-refractivity contribution in [1.82, 2.24) is 14.8 Å². The van der Waals surface area contributed by atoms with Gasteiger partial charge in [0.05, 0.1) is 25.3 Å². The number of ether oxygens (including phenoxy) is 1. The molecule has 0 atom stereocenters. The molecule has 176 valence electrons. The number of fused-ring (bicyclic) bond motifs is 1. The topological polar surface area (TPSA) is 83.8 Å². The van der Waals surface area contributed by atoms with E-state index in [-0.39, 0.29) is 30.7 Å². The second-order valence-corrected chi connectivity index (χ2v) is 8.50. The molecule has 1 fully saturated rings. The molecule has 1 aliphatic rings. The first kappa shape index (κ1) is 24.0. The smallest absolute Gasteiger partial charge is 0.257 e. The van der Waals surface area contributed by atoms with E-state index < -0.39 is 5.91 Å². The molecule has 0 aliphatic carbocycles. The molecule has 1 aromatic heterocycles. The Bertz CT molecular complexity index is 1290. The van der Waals surface area contributed by atoms with Crippen molar-refractivity contribution in [2.75, 3.05) is 32.9 Å². The Morgan fingerprint density at radius 2 is 1.82 bits per heavy atom. The molecular formula is C26H26ClN3O4. The second-order valence-electron chi connectivity index (χ2n) is 8.06. The second kappa shape index (κ2) is 11.3. The number of aliphatic hydroxyl groups excluding tert-OH is 1. The largest absolute Gasteiger partial charge is 0.384 e. The molecule has 0 unspecified atom stereocenters. The molecule has 8 heteroatoms. The quantitative estimate of drug-likeness (QED) is 0.530. The number of aliphatic hydroxyl groups is 1. The van der Waals surface area contributed by atoms with Crippen LogP contribution in [-0.4, -0.2) is 53.4 Å². The zero-order chi connectivity index (χ0) is 23.9. The van der Waals surface area contributed by atoms with Gasteiger partial charge in [0.2, 0.25) is 5.43 Å². The van der Waals surface area contributed by atoms with Crippen LogP contribution in [0.5, 0.6) is 0 Å². The Morgan fingerprint density at radius 1 is 1.09 bits per heavy atom. The number of benzene rings is 2. The third-order valence-electron chi connectivity index (χ3n) is 5.72. The molecule has 4 rings (SSSR count). The van der Waals surface area contributed by atoms with Crippen LogP contribution in [0.25, 0.3) is 10.9 Å². The van der Waals surface area contributed by atoms with Crippen molar-refractivity contribution in [1.29, 1.82) is 0 Å². The van der Waals surface area contributed by atoms with E-state index in [0.717, 1.165) is 24.2 Å². The number of carbonyl (C=O) groups is 1. The van der Waals surface area contributed by atoms with Crippen LogP contribution in [0.15, 0.2) is 53.5 Å². The lowest BCUT2D eigenvalue weighted by molar-refractivity contribution is 0.0342. The van der Waals surface area contributed by atoms with Crippen LogP contribution in [0, 0.1) is 11.8 Å². The van der Waals surface area contributed by atoms with E-state index in [0.29, 0.717) is 35.7 Å². The number of hydrogen-bond acceptors (Lipinski definition) is 5. The van der Waals surface area contributed by atoms with Gasteiger partial charge in [-0.05, 0) is 35.4 Å². The van der Waals surface area contributed by atoms with Crippen molar-refractivity contribution in [2.24, 2.45) is 0 Å². The van der Waals surface area contributed by atoms with E-state index in [1.807, 2.05) is 30.3 Å². The molecule has 34 heavy (non-hydrogen) atoms. The fraction of sp³-hybridized carbons (Fsp3) is 0.308. The van der Waals surface area contributed by atoms with E-state index >= 15 is 0 Å². The van der Waals surface area contributed by atoms with Crippen LogP contribution in [0.3, 0.4) is 0 Å². The lowest BCUT2D eigenvalue weighted by atomic mass is 10.1. The molecule has 0 bridgehead atoms. The highest BCUT2D eigenvalue weighted by Crippen LogP contribution is 2.17. The number of carbonyl (C=O) groups excluding carboxylic acids is 1. The van der Waals surface area contributed by atoms with Crippen molar-refractivity contribution < 1.29 is 14.6 Å².